The van der Waals surface area contributed by atoms with Crippen LogP contribution in [0.2, 0.25) is 0 Å². The third kappa shape index (κ3) is 3.86. The summed E-state index contributed by atoms with van der Waals surface area (Å²) in [6.45, 7) is 3.60. The number of hydrogen-bond donors (Lipinski definition) is 0. The number of amides is 1. The van der Waals surface area contributed by atoms with Gasteiger partial charge in [-0.15, -0.1) is 0 Å². The molecule has 1 atom stereocenters. The maximum Gasteiger partial charge on any atom is 0.310 e. The van der Waals surface area contributed by atoms with Gasteiger partial charge in [-0.3, -0.25) is 9.59 Å². The lowest BCUT2D eigenvalue weighted by atomic mass is 9.49. The molecular formula is C20H33NO4. The van der Waals surface area contributed by atoms with Gasteiger partial charge in [-0.25, -0.2) is 0 Å². The Labute approximate surface area is 151 Å². The molecule has 25 heavy (non-hydrogen) atoms. The first-order valence-electron chi connectivity index (χ1n) is 9.83. The Bertz CT molecular complexity index is 469. The van der Waals surface area contributed by atoms with E-state index in [9.17, 15) is 9.59 Å². The Morgan fingerprint density at radius 3 is 2.12 bits per heavy atom. The number of ether oxygens (including phenoxy) is 2. The largest absolute Gasteiger partial charge is 0.469 e. The number of methoxy groups -OCH3 is 2. The summed E-state index contributed by atoms with van der Waals surface area (Å²) >= 11 is 0. The predicted octanol–water partition coefficient (Wildman–Crippen LogP) is 2.88. The molecule has 0 N–H and O–H groups in total. The molecule has 4 aliphatic carbocycles. The Morgan fingerprint density at radius 2 is 1.64 bits per heavy atom. The Morgan fingerprint density at radius 1 is 1.08 bits per heavy atom. The zero-order valence-electron chi connectivity index (χ0n) is 16.0. The topological polar surface area (TPSA) is 55.8 Å². The molecule has 1 amide bonds. The second kappa shape index (κ2) is 7.65. The van der Waals surface area contributed by atoms with Crippen molar-refractivity contribution in [2.45, 2.75) is 51.9 Å². The Kier molecular flexibility index (Phi) is 5.71. The lowest BCUT2D eigenvalue weighted by Crippen LogP contribution is -2.55. The molecule has 0 heterocycles. The van der Waals surface area contributed by atoms with Crippen molar-refractivity contribution >= 4 is 11.9 Å². The molecule has 0 aromatic carbocycles. The van der Waals surface area contributed by atoms with Gasteiger partial charge in [0.25, 0.3) is 0 Å². The number of carbonyl (C=O) groups excluding carboxylic acids is 2. The summed E-state index contributed by atoms with van der Waals surface area (Å²) < 4.78 is 10.0. The molecule has 0 radical (unpaired) electrons. The van der Waals surface area contributed by atoms with E-state index in [1.165, 1.54) is 26.4 Å². The first kappa shape index (κ1) is 18.7. The molecule has 0 spiro atoms. The molecule has 5 nitrogen and oxygen atoms in total. The maximum atomic E-state index is 13.6. The van der Waals surface area contributed by atoms with Crippen molar-refractivity contribution in [1.29, 1.82) is 0 Å². The summed E-state index contributed by atoms with van der Waals surface area (Å²) in [4.78, 5) is 27.4. The van der Waals surface area contributed by atoms with Gasteiger partial charge in [-0.2, -0.15) is 0 Å². The van der Waals surface area contributed by atoms with Gasteiger partial charge in [0.05, 0.1) is 18.4 Å². The molecule has 4 saturated carbocycles. The molecule has 5 heteroatoms. The standard InChI is InChI=1S/C20H33NO4/c1-14(18(22)25-3)13-21(5-4-6-24-2)19(23)20-10-15-7-16(11-20)9-17(8-15)12-20/h14-17H,4-13H2,1-3H3. The lowest BCUT2D eigenvalue weighted by Gasteiger charge is -2.56. The van der Waals surface area contributed by atoms with Crippen molar-refractivity contribution in [1.82, 2.24) is 4.90 Å². The highest BCUT2D eigenvalue weighted by atomic mass is 16.5. The van der Waals surface area contributed by atoms with E-state index in [0.29, 0.717) is 25.6 Å². The van der Waals surface area contributed by atoms with Crippen LogP contribution in [0.4, 0.5) is 0 Å². The summed E-state index contributed by atoms with van der Waals surface area (Å²) in [5, 5.41) is 0. The number of nitrogens with zero attached hydrogens (tertiary/aromatic N) is 1. The minimum atomic E-state index is -0.287. The molecule has 1 unspecified atom stereocenters. The minimum absolute atomic E-state index is 0.155. The van der Waals surface area contributed by atoms with Crippen LogP contribution < -0.4 is 0 Å². The van der Waals surface area contributed by atoms with Crippen LogP contribution in [-0.2, 0) is 19.1 Å². The number of carbonyl (C=O) groups is 2. The minimum Gasteiger partial charge on any atom is -0.469 e. The number of esters is 1. The van der Waals surface area contributed by atoms with E-state index in [1.807, 2.05) is 11.8 Å². The van der Waals surface area contributed by atoms with E-state index >= 15 is 0 Å². The second-order valence-electron chi connectivity index (χ2n) is 8.72. The van der Waals surface area contributed by atoms with E-state index in [-0.39, 0.29) is 17.3 Å². The highest BCUT2D eigenvalue weighted by Crippen LogP contribution is 2.60. The van der Waals surface area contributed by atoms with E-state index in [0.717, 1.165) is 43.4 Å². The first-order chi connectivity index (χ1) is 12.0. The van der Waals surface area contributed by atoms with Gasteiger partial charge < -0.3 is 14.4 Å². The van der Waals surface area contributed by atoms with Crippen molar-refractivity contribution < 1.29 is 19.1 Å². The third-order valence-corrected chi connectivity index (χ3v) is 6.65. The Balaban J connectivity index is 1.72. The van der Waals surface area contributed by atoms with Crippen molar-refractivity contribution in [3.05, 3.63) is 0 Å². The van der Waals surface area contributed by atoms with Crippen molar-refractivity contribution in [2.24, 2.45) is 29.1 Å². The fourth-order valence-electron chi connectivity index (χ4n) is 5.99. The fourth-order valence-corrected chi connectivity index (χ4v) is 5.99. The van der Waals surface area contributed by atoms with Gasteiger partial charge in [0.1, 0.15) is 0 Å². The van der Waals surface area contributed by atoms with E-state index in [2.05, 4.69) is 0 Å². The van der Waals surface area contributed by atoms with E-state index in [1.54, 1.807) is 7.11 Å². The summed E-state index contributed by atoms with van der Waals surface area (Å²) in [7, 11) is 3.09. The molecule has 4 fully saturated rings. The highest BCUT2D eigenvalue weighted by Gasteiger charge is 2.55. The van der Waals surface area contributed by atoms with E-state index in [4.69, 9.17) is 9.47 Å². The molecule has 0 aromatic heterocycles. The second-order valence-corrected chi connectivity index (χ2v) is 8.72. The van der Waals surface area contributed by atoms with Gasteiger partial charge in [-0.1, -0.05) is 6.92 Å². The van der Waals surface area contributed by atoms with Crippen LogP contribution in [0.25, 0.3) is 0 Å². The van der Waals surface area contributed by atoms with Crippen LogP contribution >= 0.6 is 0 Å². The van der Waals surface area contributed by atoms with Gasteiger partial charge in [0, 0.05) is 26.8 Å². The summed E-state index contributed by atoms with van der Waals surface area (Å²) in [5.74, 6) is 2.00. The average molecular weight is 351 g/mol. The third-order valence-electron chi connectivity index (χ3n) is 6.65. The van der Waals surface area contributed by atoms with Crippen molar-refractivity contribution in [2.75, 3.05) is 33.9 Å². The zero-order chi connectivity index (χ0) is 18.0. The van der Waals surface area contributed by atoms with Gasteiger partial charge >= 0.3 is 5.97 Å². The van der Waals surface area contributed by atoms with Crippen LogP contribution in [0.1, 0.15) is 51.9 Å². The van der Waals surface area contributed by atoms with Gasteiger partial charge in [0.2, 0.25) is 5.91 Å². The van der Waals surface area contributed by atoms with Crippen LogP contribution in [-0.4, -0.2) is 50.7 Å². The monoisotopic (exact) mass is 351 g/mol. The summed E-state index contributed by atoms with van der Waals surface area (Å²) in [5.41, 5.74) is -0.155. The van der Waals surface area contributed by atoms with E-state index < -0.39 is 0 Å². The summed E-state index contributed by atoms with van der Waals surface area (Å²) in [6.07, 6.45) is 7.97. The molecule has 4 bridgehead atoms. The van der Waals surface area contributed by atoms with Crippen LogP contribution in [0, 0.1) is 29.1 Å². The normalized spacial score (nSPS) is 34.0. The fraction of sp³-hybridized carbons (Fsp3) is 0.900. The lowest BCUT2D eigenvalue weighted by molar-refractivity contribution is -0.160. The molecule has 0 aliphatic heterocycles. The summed E-state index contributed by atoms with van der Waals surface area (Å²) in [6, 6.07) is 0. The highest BCUT2D eigenvalue weighted by molar-refractivity contribution is 5.84. The molecule has 0 aromatic rings. The SMILES string of the molecule is COCCCN(CC(C)C(=O)OC)C(=O)C12CC3CC(CC(C3)C1)C2. The van der Waals surface area contributed by atoms with Crippen LogP contribution in [0.5, 0.6) is 0 Å². The van der Waals surface area contributed by atoms with Crippen LogP contribution in [0.3, 0.4) is 0 Å². The number of hydrogen-bond acceptors (Lipinski definition) is 4. The molecule has 0 saturated heterocycles. The average Bonchev–Trinajstić information content (AvgIpc) is 2.58. The van der Waals surface area contributed by atoms with Gasteiger partial charge in [-0.05, 0) is 62.7 Å². The smallest absolute Gasteiger partial charge is 0.310 e. The maximum absolute atomic E-state index is 13.6. The molecule has 4 aliphatic rings. The predicted molar refractivity (Wildman–Crippen MR) is 94.9 cm³/mol. The Hall–Kier alpha value is -1.10. The molecule has 4 rings (SSSR count). The van der Waals surface area contributed by atoms with Crippen molar-refractivity contribution in [3.63, 3.8) is 0 Å². The zero-order valence-corrected chi connectivity index (χ0v) is 16.0. The molecular weight excluding hydrogens is 318 g/mol. The van der Waals surface area contributed by atoms with Crippen LogP contribution in [0.15, 0.2) is 0 Å². The van der Waals surface area contributed by atoms with Crippen molar-refractivity contribution in [3.8, 4) is 0 Å². The first-order valence-corrected chi connectivity index (χ1v) is 9.83. The molecule has 142 valence electrons. The number of rotatable bonds is 8. The van der Waals surface area contributed by atoms with Gasteiger partial charge in [0.15, 0.2) is 0 Å². The quantitative estimate of drug-likeness (QED) is 0.498.